The molecular formula is C13H26N2S. The van der Waals surface area contributed by atoms with Crippen LogP contribution in [0.2, 0.25) is 0 Å². The maximum Gasteiger partial charge on any atom is 0.00965 e. The first-order valence-corrected chi connectivity index (χ1v) is 8.23. The molecule has 1 heterocycles. The lowest BCUT2D eigenvalue weighted by Crippen LogP contribution is -2.37. The molecule has 2 aliphatic rings. The van der Waals surface area contributed by atoms with E-state index in [-0.39, 0.29) is 0 Å². The predicted octanol–water partition coefficient (Wildman–Crippen LogP) is 2.20. The Bertz CT molecular complexity index is 188. The number of rotatable bonds is 7. The summed E-state index contributed by atoms with van der Waals surface area (Å²) in [6.45, 7) is 5.21. The van der Waals surface area contributed by atoms with Gasteiger partial charge in [0.15, 0.2) is 0 Å². The molecule has 0 radical (unpaired) electrons. The molecule has 94 valence electrons. The summed E-state index contributed by atoms with van der Waals surface area (Å²) in [7, 11) is 0. The van der Waals surface area contributed by atoms with E-state index in [9.17, 15) is 0 Å². The zero-order chi connectivity index (χ0) is 11.2. The van der Waals surface area contributed by atoms with Crippen LogP contribution in [0.25, 0.3) is 0 Å². The van der Waals surface area contributed by atoms with Crippen molar-refractivity contribution in [2.75, 3.05) is 38.2 Å². The van der Waals surface area contributed by atoms with Gasteiger partial charge >= 0.3 is 0 Å². The molecule has 0 unspecified atom stereocenters. The standard InChI is InChI=1S/C13H26N2S/c1-16-10-2-9-15(13-3-4-13)11-12-5-7-14-8-6-12/h12-14H,2-11H2,1H3. The average molecular weight is 242 g/mol. The van der Waals surface area contributed by atoms with Gasteiger partial charge in [-0.25, -0.2) is 0 Å². The van der Waals surface area contributed by atoms with Gasteiger partial charge in [-0.15, -0.1) is 0 Å². The largest absolute Gasteiger partial charge is 0.317 e. The first kappa shape index (κ1) is 12.7. The van der Waals surface area contributed by atoms with Crippen LogP contribution in [0.1, 0.15) is 32.1 Å². The molecular weight excluding hydrogens is 216 g/mol. The highest BCUT2D eigenvalue weighted by Gasteiger charge is 2.30. The Morgan fingerprint density at radius 2 is 1.94 bits per heavy atom. The van der Waals surface area contributed by atoms with E-state index in [0.717, 1.165) is 12.0 Å². The molecule has 2 rings (SSSR count). The van der Waals surface area contributed by atoms with Crippen molar-refractivity contribution in [1.82, 2.24) is 10.2 Å². The molecule has 2 fully saturated rings. The number of hydrogen-bond donors (Lipinski definition) is 1. The SMILES string of the molecule is CSCCCN(CC1CCNCC1)C1CC1. The predicted molar refractivity (Wildman–Crippen MR) is 73.2 cm³/mol. The summed E-state index contributed by atoms with van der Waals surface area (Å²) >= 11 is 1.99. The van der Waals surface area contributed by atoms with Gasteiger partial charge in [-0.05, 0) is 69.7 Å². The van der Waals surface area contributed by atoms with E-state index in [4.69, 9.17) is 0 Å². The summed E-state index contributed by atoms with van der Waals surface area (Å²) in [5, 5.41) is 3.46. The molecule has 2 nitrogen and oxygen atoms in total. The highest BCUT2D eigenvalue weighted by atomic mass is 32.2. The molecule has 1 aliphatic carbocycles. The third-order valence-electron chi connectivity index (χ3n) is 3.81. The van der Waals surface area contributed by atoms with E-state index in [2.05, 4.69) is 16.5 Å². The van der Waals surface area contributed by atoms with Crippen LogP contribution in [0.15, 0.2) is 0 Å². The van der Waals surface area contributed by atoms with E-state index in [1.807, 2.05) is 11.8 Å². The van der Waals surface area contributed by atoms with E-state index < -0.39 is 0 Å². The van der Waals surface area contributed by atoms with Crippen LogP contribution in [0.4, 0.5) is 0 Å². The summed E-state index contributed by atoms with van der Waals surface area (Å²) in [4.78, 5) is 2.78. The molecule has 0 aromatic rings. The first-order valence-electron chi connectivity index (χ1n) is 6.84. The fourth-order valence-corrected chi connectivity index (χ4v) is 3.09. The molecule has 3 heteroatoms. The van der Waals surface area contributed by atoms with Gasteiger partial charge in [0.2, 0.25) is 0 Å². The molecule has 1 saturated heterocycles. The van der Waals surface area contributed by atoms with Crippen molar-refractivity contribution in [1.29, 1.82) is 0 Å². The van der Waals surface area contributed by atoms with Gasteiger partial charge in [0.05, 0.1) is 0 Å². The summed E-state index contributed by atoms with van der Waals surface area (Å²) in [6.07, 6.45) is 9.31. The molecule has 1 aliphatic heterocycles. The van der Waals surface area contributed by atoms with E-state index >= 15 is 0 Å². The molecule has 1 N–H and O–H groups in total. The highest BCUT2D eigenvalue weighted by molar-refractivity contribution is 7.98. The molecule has 0 aromatic heterocycles. The van der Waals surface area contributed by atoms with E-state index in [1.165, 1.54) is 64.0 Å². The van der Waals surface area contributed by atoms with Crippen LogP contribution >= 0.6 is 11.8 Å². The first-order chi connectivity index (χ1) is 7.90. The van der Waals surface area contributed by atoms with Gasteiger partial charge < -0.3 is 10.2 Å². The zero-order valence-corrected chi connectivity index (χ0v) is 11.4. The zero-order valence-electron chi connectivity index (χ0n) is 10.6. The normalized spacial score (nSPS) is 22.9. The number of nitrogens with one attached hydrogen (secondary N) is 1. The maximum atomic E-state index is 3.46. The maximum absolute atomic E-state index is 3.46. The Balaban J connectivity index is 1.68. The minimum absolute atomic E-state index is 0.955. The van der Waals surface area contributed by atoms with Crippen molar-refractivity contribution >= 4 is 11.8 Å². The Morgan fingerprint density at radius 3 is 2.56 bits per heavy atom. The molecule has 1 saturated carbocycles. The second-order valence-corrected chi connectivity index (χ2v) is 6.25. The van der Waals surface area contributed by atoms with Gasteiger partial charge in [-0.2, -0.15) is 11.8 Å². The molecule has 16 heavy (non-hydrogen) atoms. The Morgan fingerprint density at radius 1 is 1.19 bits per heavy atom. The second kappa shape index (κ2) is 6.87. The van der Waals surface area contributed by atoms with Crippen molar-refractivity contribution in [3.63, 3.8) is 0 Å². The van der Waals surface area contributed by atoms with Crippen LogP contribution < -0.4 is 5.32 Å². The summed E-state index contributed by atoms with van der Waals surface area (Å²) < 4.78 is 0. The molecule has 0 aromatic carbocycles. The summed E-state index contributed by atoms with van der Waals surface area (Å²) in [6, 6.07) is 0.955. The van der Waals surface area contributed by atoms with Crippen molar-refractivity contribution in [3.8, 4) is 0 Å². The van der Waals surface area contributed by atoms with E-state index in [0.29, 0.717) is 0 Å². The topological polar surface area (TPSA) is 15.3 Å². The van der Waals surface area contributed by atoms with Gasteiger partial charge in [0.25, 0.3) is 0 Å². The molecule has 0 spiro atoms. The minimum atomic E-state index is 0.955. The summed E-state index contributed by atoms with van der Waals surface area (Å²) in [5.74, 6) is 2.30. The smallest absolute Gasteiger partial charge is 0.00965 e. The number of thioether (sulfide) groups is 1. The third-order valence-corrected chi connectivity index (χ3v) is 4.51. The fraction of sp³-hybridized carbons (Fsp3) is 1.00. The lowest BCUT2D eigenvalue weighted by Gasteiger charge is -2.30. The van der Waals surface area contributed by atoms with Gasteiger partial charge in [-0.1, -0.05) is 0 Å². The average Bonchev–Trinajstić information content (AvgIpc) is 3.13. The quantitative estimate of drug-likeness (QED) is 0.689. The van der Waals surface area contributed by atoms with Crippen molar-refractivity contribution in [2.45, 2.75) is 38.1 Å². The van der Waals surface area contributed by atoms with Crippen molar-refractivity contribution < 1.29 is 0 Å². The van der Waals surface area contributed by atoms with Crippen LogP contribution in [-0.2, 0) is 0 Å². The highest BCUT2D eigenvalue weighted by Crippen LogP contribution is 2.29. The third kappa shape index (κ3) is 4.27. The number of piperidine rings is 1. The lowest BCUT2D eigenvalue weighted by atomic mass is 9.97. The van der Waals surface area contributed by atoms with Gasteiger partial charge in [-0.3, -0.25) is 0 Å². The lowest BCUT2D eigenvalue weighted by molar-refractivity contribution is 0.198. The van der Waals surface area contributed by atoms with Gasteiger partial charge in [0, 0.05) is 12.6 Å². The monoisotopic (exact) mass is 242 g/mol. The Hall–Kier alpha value is 0.270. The van der Waals surface area contributed by atoms with Gasteiger partial charge in [0.1, 0.15) is 0 Å². The second-order valence-electron chi connectivity index (χ2n) is 5.27. The Labute approximate surface area is 105 Å². The number of hydrogen-bond acceptors (Lipinski definition) is 3. The summed E-state index contributed by atoms with van der Waals surface area (Å²) in [5.41, 5.74) is 0. The van der Waals surface area contributed by atoms with Crippen LogP contribution in [-0.4, -0.2) is 49.1 Å². The molecule has 0 bridgehead atoms. The molecule has 0 atom stereocenters. The van der Waals surface area contributed by atoms with E-state index in [1.54, 1.807) is 0 Å². The van der Waals surface area contributed by atoms with Crippen molar-refractivity contribution in [2.24, 2.45) is 5.92 Å². The minimum Gasteiger partial charge on any atom is -0.317 e. The van der Waals surface area contributed by atoms with Crippen molar-refractivity contribution in [3.05, 3.63) is 0 Å². The van der Waals surface area contributed by atoms with Crippen LogP contribution in [0.3, 0.4) is 0 Å². The Kier molecular flexibility index (Phi) is 5.46. The van der Waals surface area contributed by atoms with Crippen LogP contribution in [0.5, 0.6) is 0 Å². The number of nitrogens with zero attached hydrogens (tertiary/aromatic N) is 1. The fourth-order valence-electron chi connectivity index (χ4n) is 2.67. The molecule has 0 amide bonds. The van der Waals surface area contributed by atoms with Crippen LogP contribution in [0, 0.1) is 5.92 Å².